The summed E-state index contributed by atoms with van der Waals surface area (Å²) in [6, 6.07) is 0.963. The van der Waals surface area contributed by atoms with Crippen molar-refractivity contribution in [2.75, 3.05) is 18.4 Å². The minimum atomic E-state index is -1.08. The van der Waals surface area contributed by atoms with E-state index in [9.17, 15) is 9.59 Å². The van der Waals surface area contributed by atoms with Crippen molar-refractivity contribution < 1.29 is 14.7 Å². The summed E-state index contributed by atoms with van der Waals surface area (Å²) in [5.41, 5.74) is 0.0421. The zero-order valence-electron chi connectivity index (χ0n) is 11.1. The van der Waals surface area contributed by atoms with Gasteiger partial charge in [-0.25, -0.2) is 9.78 Å². The van der Waals surface area contributed by atoms with Gasteiger partial charge in [0.25, 0.3) is 0 Å². The molecular weight excluding hydrogens is 326 g/mol. The van der Waals surface area contributed by atoms with Crippen molar-refractivity contribution >= 4 is 33.6 Å². The maximum Gasteiger partial charge on any atom is 0.339 e. The number of carboxylic acid groups (broad SMARTS) is 1. The summed E-state index contributed by atoms with van der Waals surface area (Å²) in [6.45, 7) is 3.25. The minimum absolute atomic E-state index is 0.0245. The Morgan fingerprint density at radius 1 is 1.45 bits per heavy atom. The van der Waals surface area contributed by atoms with Crippen LogP contribution in [-0.2, 0) is 4.79 Å². The van der Waals surface area contributed by atoms with Crippen molar-refractivity contribution in [1.29, 1.82) is 0 Å². The lowest BCUT2D eigenvalue weighted by Gasteiger charge is -2.22. The Hall–Kier alpha value is -1.63. The minimum Gasteiger partial charge on any atom is -0.478 e. The molecule has 0 bridgehead atoms. The number of amides is 1. The number of hydrogen-bond acceptors (Lipinski definition) is 4. The molecule has 1 aliphatic heterocycles. The van der Waals surface area contributed by atoms with E-state index in [2.05, 4.69) is 26.2 Å². The third-order valence-electron chi connectivity index (χ3n) is 3.23. The number of nitrogens with zero attached hydrogens (tertiary/aromatic N) is 2. The first kappa shape index (κ1) is 14.8. The van der Waals surface area contributed by atoms with E-state index in [-0.39, 0.29) is 17.3 Å². The smallest absolute Gasteiger partial charge is 0.339 e. The van der Waals surface area contributed by atoms with Crippen molar-refractivity contribution in [2.45, 2.75) is 25.8 Å². The Labute approximate surface area is 125 Å². The first-order valence-corrected chi connectivity index (χ1v) is 7.22. The van der Waals surface area contributed by atoms with Crippen LogP contribution in [0.15, 0.2) is 16.7 Å². The fourth-order valence-electron chi connectivity index (χ4n) is 2.20. The average Bonchev–Trinajstić information content (AvgIpc) is 2.93. The van der Waals surface area contributed by atoms with Crippen LogP contribution in [0.1, 0.15) is 30.1 Å². The second-order valence-electron chi connectivity index (χ2n) is 4.75. The van der Waals surface area contributed by atoms with Crippen molar-refractivity contribution in [1.82, 2.24) is 9.88 Å². The van der Waals surface area contributed by atoms with Crippen molar-refractivity contribution in [3.8, 4) is 0 Å². The highest BCUT2D eigenvalue weighted by molar-refractivity contribution is 9.10. The number of halogens is 1. The molecule has 6 nitrogen and oxygen atoms in total. The van der Waals surface area contributed by atoms with Gasteiger partial charge in [0.05, 0.1) is 0 Å². The lowest BCUT2D eigenvalue weighted by Crippen LogP contribution is -2.40. The van der Waals surface area contributed by atoms with Gasteiger partial charge in [0, 0.05) is 23.8 Å². The molecule has 2 rings (SSSR count). The monoisotopic (exact) mass is 341 g/mol. The van der Waals surface area contributed by atoms with E-state index in [1.807, 2.05) is 0 Å². The van der Waals surface area contributed by atoms with Gasteiger partial charge in [-0.2, -0.15) is 0 Å². The fraction of sp³-hybridized carbons (Fsp3) is 0.462. The van der Waals surface area contributed by atoms with Crippen LogP contribution in [-0.4, -0.2) is 46.0 Å². The van der Waals surface area contributed by atoms with Gasteiger partial charge in [0.2, 0.25) is 5.91 Å². The van der Waals surface area contributed by atoms with Gasteiger partial charge >= 0.3 is 5.97 Å². The maximum atomic E-state index is 12.2. The van der Waals surface area contributed by atoms with Crippen LogP contribution in [0.3, 0.4) is 0 Å². The molecule has 20 heavy (non-hydrogen) atoms. The van der Waals surface area contributed by atoms with Gasteiger partial charge in [-0.3, -0.25) is 4.79 Å². The zero-order chi connectivity index (χ0) is 14.7. The standard InChI is InChI=1S/C13H16BrN3O3/c1-8(12(18)17-4-2-3-5-17)16-11-10(13(19)20)6-9(14)7-15-11/h6-8H,2-5H2,1H3,(H,15,16)(H,19,20). The normalized spacial score (nSPS) is 16.0. The van der Waals surface area contributed by atoms with E-state index in [0.717, 1.165) is 25.9 Å². The molecule has 1 aromatic rings. The Balaban J connectivity index is 2.12. The van der Waals surface area contributed by atoms with Gasteiger partial charge in [-0.15, -0.1) is 0 Å². The van der Waals surface area contributed by atoms with Crippen molar-refractivity contribution in [2.24, 2.45) is 0 Å². The number of carboxylic acids is 1. The van der Waals surface area contributed by atoms with Gasteiger partial charge < -0.3 is 15.3 Å². The van der Waals surface area contributed by atoms with Crippen LogP contribution in [0.2, 0.25) is 0 Å². The van der Waals surface area contributed by atoms with Crippen LogP contribution < -0.4 is 5.32 Å². The largest absolute Gasteiger partial charge is 0.478 e. The highest BCUT2D eigenvalue weighted by atomic mass is 79.9. The Morgan fingerprint density at radius 2 is 2.10 bits per heavy atom. The number of rotatable bonds is 4. The van der Waals surface area contributed by atoms with E-state index in [1.165, 1.54) is 12.3 Å². The molecule has 0 spiro atoms. The summed E-state index contributed by atoms with van der Waals surface area (Å²) in [7, 11) is 0. The Bertz CT molecular complexity index is 530. The zero-order valence-corrected chi connectivity index (χ0v) is 12.7. The van der Waals surface area contributed by atoms with Gasteiger partial charge in [-0.05, 0) is 41.8 Å². The molecule has 1 unspecified atom stereocenters. The van der Waals surface area contributed by atoms with E-state index in [4.69, 9.17) is 5.11 Å². The fourth-order valence-corrected chi connectivity index (χ4v) is 2.53. The van der Waals surface area contributed by atoms with E-state index < -0.39 is 12.0 Å². The molecule has 0 aliphatic carbocycles. The molecule has 108 valence electrons. The predicted molar refractivity (Wildman–Crippen MR) is 77.8 cm³/mol. The van der Waals surface area contributed by atoms with E-state index >= 15 is 0 Å². The van der Waals surface area contributed by atoms with Crippen LogP contribution in [0.5, 0.6) is 0 Å². The molecule has 0 radical (unpaired) electrons. The number of nitrogens with one attached hydrogen (secondary N) is 1. The molecule has 1 amide bonds. The third kappa shape index (κ3) is 3.27. The molecule has 1 aliphatic rings. The Morgan fingerprint density at radius 3 is 2.70 bits per heavy atom. The molecule has 2 N–H and O–H groups in total. The quantitative estimate of drug-likeness (QED) is 0.874. The maximum absolute atomic E-state index is 12.2. The second kappa shape index (κ2) is 6.21. The molecule has 1 atom stereocenters. The van der Waals surface area contributed by atoms with Crippen molar-refractivity contribution in [3.63, 3.8) is 0 Å². The summed E-state index contributed by atoms with van der Waals surface area (Å²) in [5.74, 6) is -0.897. The lowest BCUT2D eigenvalue weighted by atomic mass is 10.2. The lowest BCUT2D eigenvalue weighted by molar-refractivity contribution is -0.130. The van der Waals surface area contributed by atoms with Crippen LogP contribution in [0.25, 0.3) is 0 Å². The molecule has 1 saturated heterocycles. The summed E-state index contributed by atoms with van der Waals surface area (Å²) in [6.07, 6.45) is 3.55. The average molecular weight is 342 g/mol. The summed E-state index contributed by atoms with van der Waals surface area (Å²) in [5, 5.41) is 12.0. The number of aromatic carboxylic acids is 1. The SMILES string of the molecule is CC(Nc1ncc(Br)cc1C(=O)O)C(=O)N1CCCC1. The third-order valence-corrected chi connectivity index (χ3v) is 3.66. The highest BCUT2D eigenvalue weighted by Gasteiger charge is 2.24. The molecular formula is C13H16BrN3O3. The number of carbonyl (C=O) groups excluding carboxylic acids is 1. The molecule has 7 heteroatoms. The van der Waals surface area contributed by atoms with E-state index in [1.54, 1.807) is 11.8 Å². The van der Waals surface area contributed by atoms with Crippen LogP contribution in [0, 0.1) is 0 Å². The van der Waals surface area contributed by atoms with Crippen LogP contribution >= 0.6 is 15.9 Å². The molecule has 2 heterocycles. The summed E-state index contributed by atoms with van der Waals surface area (Å²) < 4.78 is 0.582. The first-order valence-electron chi connectivity index (χ1n) is 6.43. The number of anilines is 1. The Kier molecular flexibility index (Phi) is 4.59. The number of pyridine rings is 1. The number of carbonyl (C=O) groups is 2. The molecule has 1 aromatic heterocycles. The van der Waals surface area contributed by atoms with E-state index in [0.29, 0.717) is 4.47 Å². The number of likely N-dealkylation sites (tertiary alicyclic amines) is 1. The summed E-state index contributed by atoms with van der Waals surface area (Å²) >= 11 is 3.18. The number of aromatic nitrogens is 1. The molecule has 0 saturated carbocycles. The van der Waals surface area contributed by atoms with Gasteiger partial charge in [0.1, 0.15) is 17.4 Å². The second-order valence-corrected chi connectivity index (χ2v) is 5.67. The van der Waals surface area contributed by atoms with Crippen LogP contribution in [0.4, 0.5) is 5.82 Å². The predicted octanol–water partition coefficient (Wildman–Crippen LogP) is 1.97. The summed E-state index contributed by atoms with van der Waals surface area (Å²) in [4.78, 5) is 29.2. The molecule has 1 fully saturated rings. The van der Waals surface area contributed by atoms with Crippen molar-refractivity contribution in [3.05, 3.63) is 22.3 Å². The topological polar surface area (TPSA) is 82.5 Å². The first-order chi connectivity index (χ1) is 9.49. The van der Waals surface area contributed by atoms with Gasteiger partial charge in [-0.1, -0.05) is 0 Å². The molecule has 0 aromatic carbocycles. The highest BCUT2D eigenvalue weighted by Crippen LogP contribution is 2.19. The van der Waals surface area contributed by atoms with Gasteiger partial charge in [0.15, 0.2) is 0 Å². The number of hydrogen-bond donors (Lipinski definition) is 2.